The average molecular weight is 281 g/mol. The third kappa shape index (κ3) is 3.42. The second-order valence-electron chi connectivity index (χ2n) is 4.97. The smallest absolute Gasteiger partial charge is 0.242 e. The Labute approximate surface area is 108 Å². The van der Waals surface area contributed by atoms with Crippen molar-refractivity contribution in [2.45, 2.75) is 46.7 Å². The Bertz CT molecular complexity index is 463. The van der Waals surface area contributed by atoms with E-state index >= 15 is 0 Å². The van der Waals surface area contributed by atoms with Crippen LogP contribution in [0, 0.1) is 19.8 Å². The maximum absolute atomic E-state index is 12.8. The van der Waals surface area contributed by atoms with E-state index in [9.17, 15) is 22.0 Å². The standard InChI is InChI=1S/C13H16F5N/c1-6(2)5-9-7(3)10(12(14)15)19-11(8(9)4)13(16,17)18/h6,12H,5H2,1-4H3. The van der Waals surface area contributed by atoms with Crippen LogP contribution in [0.4, 0.5) is 22.0 Å². The van der Waals surface area contributed by atoms with Crippen LogP contribution in [-0.4, -0.2) is 4.98 Å². The Morgan fingerprint density at radius 2 is 1.58 bits per heavy atom. The average Bonchev–Trinajstić information content (AvgIpc) is 2.21. The Balaban J connectivity index is 3.56. The summed E-state index contributed by atoms with van der Waals surface area (Å²) in [5.41, 5.74) is -1.54. The SMILES string of the molecule is Cc1c(C(F)F)nc(C(F)(F)F)c(C)c1CC(C)C. The minimum absolute atomic E-state index is 0.0527. The van der Waals surface area contributed by atoms with Gasteiger partial charge in [0.1, 0.15) is 11.4 Å². The predicted octanol–water partition coefficient (Wildman–Crippen LogP) is 4.85. The second kappa shape index (κ2) is 5.43. The van der Waals surface area contributed by atoms with E-state index in [-0.39, 0.29) is 17.0 Å². The van der Waals surface area contributed by atoms with Gasteiger partial charge in [0, 0.05) is 0 Å². The number of rotatable bonds is 3. The first-order chi connectivity index (χ1) is 8.55. The highest BCUT2D eigenvalue weighted by Gasteiger charge is 2.37. The molecule has 0 amide bonds. The molecule has 0 aliphatic carbocycles. The van der Waals surface area contributed by atoms with Crippen molar-refractivity contribution in [1.82, 2.24) is 4.98 Å². The normalized spacial score (nSPS) is 12.6. The summed E-state index contributed by atoms with van der Waals surface area (Å²) in [5.74, 6) is 0.0754. The summed E-state index contributed by atoms with van der Waals surface area (Å²) in [4.78, 5) is 3.14. The molecule has 0 bridgehead atoms. The Kier molecular flexibility index (Phi) is 4.53. The third-order valence-electron chi connectivity index (χ3n) is 2.96. The van der Waals surface area contributed by atoms with Crippen LogP contribution in [-0.2, 0) is 12.6 Å². The highest BCUT2D eigenvalue weighted by atomic mass is 19.4. The van der Waals surface area contributed by atoms with Crippen molar-refractivity contribution in [3.63, 3.8) is 0 Å². The van der Waals surface area contributed by atoms with E-state index in [2.05, 4.69) is 4.98 Å². The molecule has 0 aliphatic heterocycles. The summed E-state index contributed by atoms with van der Waals surface area (Å²) in [7, 11) is 0. The number of pyridine rings is 1. The number of aromatic nitrogens is 1. The summed E-state index contributed by atoms with van der Waals surface area (Å²) < 4.78 is 64.1. The highest BCUT2D eigenvalue weighted by molar-refractivity contribution is 5.41. The third-order valence-corrected chi connectivity index (χ3v) is 2.96. The molecule has 108 valence electrons. The summed E-state index contributed by atoms with van der Waals surface area (Å²) in [6, 6.07) is 0. The van der Waals surface area contributed by atoms with Crippen LogP contribution < -0.4 is 0 Å². The lowest BCUT2D eigenvalue weighted by molar-refractivity contribution is -0.142. The molecule has 0 fully saturated rings. The molecule has 1 heterocycles. The van der Waals surface area contributed by atoms with Gasteiger partial charge in [-0.05, 0) is 42.9 Å². The van der Waals surface area contributed by atoms with Crippen LogP contribution in [0.3, 0.4) is 0 Å². The maximum atomic E-state index is 12.8. The van der Waals surface area contributed by atoms with Gasteiger partial charge in [-0.25, -0.2) is 13.8 Å². The van der Waals surface area contributed by atoms with Gasteiger partial charge in [0.2, 0.25) is 0 Å². The zero-order valence-corrected chi connectivity index (χ0v) is 11.2. The number of hydrogen-bond donors (Lipinski definition) is 0. The van der Waals surface area contributed by atoms with Gasteiger partial charge < -0.3 is 0 Å². The number of halogens is 5. The number of hydrogen-bond acceptors (Lipinski definition) is 1. The van der Waals surface area contributed by atoms with Gasteiger partial charge in [0.25, 0.3) is 6.43 Å². The first-order valence-electron chi connectivity index (χ1n) is 5.91. The monoisotopic (exact) mass is 281 g/mol. The second-order valence-corrected chi connectivity index (χ2v) is 4.97. The lowest BCUT2D eigenvalue weighted by Gasteiger charge is -2.19. The van der Waals surface area contributed by atoms with Crippen LogP contribution in [0.1, 0.15) is 48.4 Å². The van der Waals surface area contributed by atoms with E-state index < -0.39 is 24.0 Å². The number of nitrogens with zero attached hydrogens (tertiary/aromatic N) is 1. The Hall–Kier alpha value is -1.20. The summed E-state index contributed by atoms with van der Waals surface area (Å²) >= 11 is 0. The molecule has 1 rings (SSSR count). The molecule has 6 heteroatoms. The molecule has 0 saturated heterocycles. The zero-order chi connectivity index (χ0) is 15.0. The lowest BCUT2D eigenvalue weighted by atomic mass is 9.92. The van der Waals surface area contributed by atoms with Gasteiger partial charge in [0.15, 0.2) is 0 Å². The van der Waals surface area contributed by atoms with Crippen LogP contribution in [0.25, 0.3) is 0 Å². The molecule has 0 saturated carbocycles. The zero-order valence-electron chi connectivity index (χ0n) is 11.2. The minimum Gasteiger partial charge on any atom is -0.242 e. The maximum Gasteiger partial charge on any atom is 0.433 e. The molecular weight excluding hydrogens is 265 g/mol. The minimum atomic E-state index is -4.72. The Morgan fingerprint density at radius 3 is 1.95 bits per heavy atom. The molecule has 19 heavy (non-hydrogen) atoms. The van der Waals surface area contributed by atoms with Crippen LogP contribution in [0.2, 0.25) is 0 Å². The summed E-state index contributed by atoms with van der Waals surface area (Å²) in [6.45, 7) is 6.35. The molecule has 1 aromatic rings. The van der Waals surface area contributed by atoms with Gasteiger partial charge in [-0.15, -0.1) is 0 Å². The van der Waals surface area contributed by atoms with Gasteiger partial charge in [0.05, 0.1) is 0 Å². The van der Waals surface area contributed by atoms with Gasteiger partial charge in [-0.1, -0.05) is 13.8 Å². The van der Waals surface area contributed by atoms with Crippen molar-refractivity contribution in [1.29, 1.82) is 0 Å². The molecule has 1 aromatic heterocycles. The highest BCUT2D eigenvalue weighted by Crippen LogP contribution is 2.36. The summed E-state index contributed by atoms with van der Waals surface area (Å²) in [5, 5.41) is 0. The van der Waals surface area contributed by atoms with Crippen LogP contribution in [0.5, 0.6) is 0 Å². The molecule has 0 atom stereocenters. The van der Waals surface area contributed by atoms with E-state index in [4.69, 9.17) is 0 Å². The summed E-state index contributed by atoms with van der Waals surface area (Å²) in [6.07, 6.45) is -7.40. The van der Waals surface area contributed by atoms with Gasteiger partial charge >= 0.3 is 6.18 Å². The predicted molar refractivity (Wildman–Crippen MR) is 62.2 cm³/mol. The van der Waals surface area contributed by atoms with E-state index in [0.717, 1.165) is 0 Å². The van der Waals surface area contributed by atoms with Crippen molar-refractivity contribution in [3.05, 3.63) is 28.1 Å². The first-order valence-corrected chi connectivity index (χ1v) is 5.91. The molecule has 1 nitrogen and oxygen atoms in total. The molecular formula is C13H16F5N. The van der Waals surface area contributed by atoms with E-state index in [1.54, 1.807) is 0 Å². The molecule has 0 aromatic carbocycles. The van der Waals surface area contributed by atoms with E-state index in [1.165, 1.54) is 13.8 Å². The fraction of sp³-hybridized carbons (Fsp3) is 0.615. The number of alkyl halides is 5. The fourth-order valence-corrected chi connectivity index (χ4v) is 2.07. The first kappa shape index (κ1) is 15.9. The fourth-order valence-electron chi connectivity index (χ4n) is 2.07. The molecule has 0 aliphatic rings. The lowest BCUT2D eigenvalue weighted by Crippen LogP contribution is -2.17. The molecule has 0 radical (unpaired) electrons. The van der Waals surface area contributed by atoms with Crippen molar-refractivity contribution in [3.8, 4) is 0 Å². The topological polar surface area (TPSA) is 12.9 Å². The van der Waals surface area contributed by atoms with Crippen LogP contribution >= 0.6 is 0 Å². The van der Waals surface area contributed by atoms with Gasteiger partial charge in [-0.3, -0.25) is 0 Å². The van der Waals surface area contributed by atoms with Crippen molar-refractivity contribution >= 4 is 0 Å². The van der Waals surface area contributed by atoms with E-state index in [1.807, 2.05) is 13.8 Å². The van der Waals surface area contributed by atoms with Gasteiger partial charge in [-0.2, -0.15) is 13.2 Å². The quantitative estimate of drug-likeness (QED) is 0.721. The largest absolute Gasteiger partial charge is 0.433 e. The molecule has 0 N–H and O–H groups in total. The van der Waals surface area contributed by atoms with E-state index in [0.29, 0.717) is 12.0 Å². The molecule has 0 spiro atoms. The Morgan fingerprint density at radius 1 is 1.05 bits per heavy atom. The van der Waals surface area contributed by atoms with Crippen molar-refractivity contribution in [2.75, 3.05) is 0 Å². The van der Waals surface area contributed by atoms with Crippen molar-refractivity contribution in [2.24, 2.45) is 5.92 Å². The molecule has 0 unspecified atom stereocenters. The van der Waals surface area contributed by atoms with Crippen molar-refractivity contribution < 1.29 is 22.0 Å². The van der Waals surface area contributed by atoms with Crippen LogP contribution in [0.15, 0.2) is 0 Å².